The van der Waals surface area contributed by atoms with Crippen LogP contribution >= 0.6 is 0 Å². The first-order valence-electron chi connectivity index (χ1n) is 6.54. The molecule has 4 heteroatoms. The third-order valence-corrected chi connectivity index (χ3v) is 3.93. The number of hydrogen-bond donors (Lipinski definition) is 2. The molecule has 2 aliphatic rings. The molecule has 96 valence electrons. The van der Waals surface area contributed by atoms with Crippen LogP contribution in [0.2, 0.25) is 0 Å². The van der Waals surface area contributed by atoms with E-state index in [2.05, 4.69) is 43.3 Å². The second-order valence-electron chi connectivity index (χ2n) is 6.23. The number of aliphatic imine (C=N–C) groups is 1. The first kappa shape index (κ1) is 12.4. The van der Waals surface area contributed by atoms with E-state index in [0.29, 0.717) is 11.9 Å². The molecule has 2 rings (SSSR count). The summed E-state index contributed by atoms with van der Waals surface area (Å²) in [5.41, 5.74) is -0.194. The van der Waals surface area contributed by atoms with Gasteiger partial charge in [-0.15, -0.1) is 0 Å². The number of carbonyl (C=O) groups excluding carboxylic acids is 1. The Kier molecular flexibility index (Phi) is 2.92. The molecule has 1 aliphatic heterocycles. The second-order valence-corrected chi connectivity index (χ2v) is 6.23. The number of nitrogens with one attached hydrogen (secondary N) is 2. The van der Waals surface area contributed by atoms with E-state index < -0.39 is 5.54 Å². The number of amides is 1. The zero-order valence-corrected chi connectivity index (χ0v) is 11.3. The molecule has 2 atom stereocenters. The summed E-state index contributed by atoms with van der Waals surface area (Å²) < 4.78 is 0. The molecule has 0 aromatic heterocycles. The molecule has 1 saturated carbocycles. The molecular weight excluding hydrogens is 214 g/mol. The van der Waals surface area contributed by atoms with E-state index in [0.717, 1.165) is 25.8 Å². The number of carbonyl (C=O) groups is 1. The summed E-state index contributed by atoms with van der Waals surface area (Å²) in [7, 11) is 0. The van der Waals surface area contributed by atoms with E-state index >= 15 is 0 Å². The molecule has 1 saturated heterocycles. The van der Waals surface area contributed by atoms with Gasteiger partial charge >= 0.3 is 0 Å². The maximum absolute atomic E-state index is 12.2. The standard InChI is InChI=1S/C13H23N3O/c1-5-6-14-11-15-10(17)13(16-11)8-12(3,4)7-9(13)2/h9H,5-8H2,1-4H3,(H2,14,15,16,17). The molecule has 0 aromatic carbocycles. The quantitative estimate of drug-likeness (QED) is 0.767. The molecule has 17 heavy (non-hydrogen) atoms. The SMILES string of the molecule is CCCN=C1NC(=O)C2(CC(C)(C)CC2C)N1. The largest absolute Gasteiger partial charge is 0.341 e. The molecule has 4 nitrogen and oxygen atoms in total. The van der Waals surface area contributed by atoms with Crippen LogP contribution in [0, 0.1) is 11.3 Å². The summed E-state index contributed by atoms with van der Waals surface area (Å²) in [6.07, 6.45) is 2.96. The Morgan fingerprint density at radius 1 is 1.47 bits per heavy atom. The van der Waals surface area contributed by atoms with Gasteiger partial charge in [0.2, 0.25) is 0 Å². The fourth-order valence-electron chi connectivity index (χ4n) is 3.30. The molecule has 0 radical (unpaired) electrons. The van der Waals surface area contributed by atoms with Crippen LogP contribution in [-0.4, -0.2) is 24.0 Å². The predicted molar refractivity (Wildman–Crippen MR) is 68.8 cm³/mol. The van der Waals surface area contributed by atoms with Crippen LogP contribution in [-0.2, 0) is 4.79 Å². The monoisotopic (exact) mass is 237 g/mol. The Labute approximate surface area is 103 Å². The van der Waals surface area contributed by atoms with Crippen molar-refractivity contribution in [2.75, 3.05) is 6.54 Å². The highest BCUT2D eigenvalue weighted by Gasteiger charge is 2.57. The minimum Gasteiger partial charge on any atom is -0.341 e. The normalized spacial score (nSPS) is 37.5. The van der Waals surface area contributed by atoms with Crippen LogP contribution in [0.3, 0.4) is 0 Å². The van der Waals surface area contributed by atoms with Crippen molar-refractivity contribution in [2.45, 2.75) is 52.5 Å². The van der Waals surface area contributed by atoms with Crippen LogP contribution in [0.5, 0.6) is 0 Å². The fourth-order valence-corrected chi connectivity index (χ4v) is 3.30. The van der Waals surface area contributed by atoms with Crippen molar-refractivity contribution in [3.63, 3.8) is 0 Å². The number of nitrogens with zero attached hydrogens (tertiary/aromatic N) is 1. The van der Waals surface area contributed by atoms with Gasteiger partial charge in [-0.3, -0.25) is 15.1 Å². The third-order valence-electron chi connectivity index (χ3n) is 3.93. The van der Waals surface area contributed by atoms with Crippen molar-refractivity contribution >= 4 is 11.9 Å². The Bertz CT molecular complexity index is 362. The van der Waals surface area contributed by atoms with Crippen LogP contribution in [0.1, 0.15) is 47.0 Å². The molecule has 1 aliphatic carbocycles. The lowest BCUT2D eigenvalue weighted by Crippen LogP contribution is -2.49. The highest BCUT2D eigenvalue weighted by molar-refractivity contribution is 6.09. The molecule has 2 fully saturated rings. The summed E-state index contributed by atoms with van der Waals surface area (Å²) in [6.45, 7) is 9.46. The van der Waals surface area contributed by atoms with Crippen LogP contribution in [0.25, 0.3) is 0 Å². The van der Waals surface area contributed by atoms with Gasteiger partial charge in [-0.25, -0.2) is 0 Å². The minimum atomic E-state index is -0.421. The first-order chi connectivity index (χ1) is 7.89. The number of hydrogen-bond acceptors (Lipinski definition) is 2. The van der Waals surface area contributed by atoms with Gasteiger partial charge in [-0.1, -0.05) is 27.7 Å². The van der Waals surface area contributed by atoms with E-state index in [1.807, 2.05) is 0 Å². The van der Waals surface area contributed by atoms with Crippen molar-refractivity contribution in [1.29, 1.82) is 0 Å². The topological polar surface area (TPSA) is 53.5 Å². The highest BCUT2D eigenvalue weighted by atomic mass is 16.2. The van der Waals surface area contributed by atoms with Gasteiger partial charge in [0, 0.05) is 6.54 Å². The van der Waals surface area contributed by atoms with Gasteiger partial charge in [-0.2, -0.15) is 0 Å². The van der Waals surface area contributed by atoms with Gasteiger partial charge in [-0.05, 0) is 30.6 Å². The summed E-state index contributed by atoms with van der Waals surface area (Å²) in [6, 6.07) is 0. The van der Waals surface area contributed by atoms with E-state index in [1.165, 1.54) is 0 Å². The van der Waals surface area contributed by atoms with Crippen molar-refractivity contribution in [3.8, 4) is 0 Å². The van der Waals surface area contributed by atoms with Gasteiger partial charge < -0.3 is 5.32 Å². The van der Waals surface area contributed by atoms with E-state index in [-0.39, 0.29) is 11.3 Å². The third kappa shape index (κ3) is 2.05. The number of guanidine groups is 1. The molecule has 1 heterocycles. The van der Waals surface area contributed by atoms with Gasteiger partial charge in [0.1, 0.15) is 5.54 Å². The molecule has 0 aromatic rings. The average molecular weight is 237 g/mol. The zero-order valence-electron chi connectivity index (χ0n) is 11.3. The van der Waals surface area contributed by atoms with Crippen LogP contribution in [0.15, 0.2) is 4.99 Å². The molecule has 1 amide bonds. The molecule has 2 N–H and O–H groups in total. The molecule has 0 bridgehead atoms. The van der Waals surface area contributed by atoms with Crippen molar-refractivity contribution in [2.24, 2.45) is 16.3 Å². The zero-order chi connectivity index (χ0) is 12.7. The van der Waals surface area contributed by atoms with E-state index in [1.54, 1.807) is 0 Å². The Morgan fingerprint density at radius 3 is 2.71 bits per heavy atom. The second kappa shape index (κ2) is 4.00. The lowest BCUT2D eigenvalue weighted by atomic mass is 9.86. The lowest BCUT2D eigenvalue weighted by molar-refractivity contribution is -0.125. The predicted octanol–water partition coefficient (Wildman–Crippen LogP) is 1.67. The smallest absolute Gasteiger partial charge is 0.252 e. The van der Waals surface area contributed by atoms with Gasteiger partial charge in [0.25, 0.3) is 5.91 Å². The van der Waals surface area contributed by atoms with Crippen molar-refractivity contribution < 1.29 is 4.79 Å². The van der Waals surface area contributed by atoms with E-state index in [4.69, 9.17) is 0 Å². The van der Waals surface area contributed by atoms with Gasteiger partial charge in [0.15, 0.2) is 5.96 Å². The highest BCUT2D eigenvalue weighted by Crippen LogP contribution is 2.48. The maximum Gasteiger partial charge on any atom is 0.252 e. The van der Waals surface area contributed by atoms with E-state index in [9.17, 15) is 4.79 Å². The molecular formula is C13H23N3O. The van der Waals surface area contributed by atoms with Crippen molar-refractivity contribution in [3.05, 3.63) is 0 Å². The van der Waals surface area contributed by atoms with Gasteiger partial charge in [0.05, 0.1) is 0 Å². The number of rotatable bonds is 2. The minimum absolute atomic E-state index is 0.102. The van der Waals surface area contributed by atoms with Crippen LogP contribution < -0.4 is 10.6 Å². The molecule has 2 unspecified atom stereocenters. The summed E-state index contributed by atoms with van der Waals surface area (Å²) in [4.78, 5) is 16.6. The Balaban J connectivity index is 2.20. The Hall–Kier alpha value is -1.06. The maximum atomic E-state index is 12.2. The average Bonchev–Trinajstić information content (AvgIpc) is 2.63. The summed E-state index contributed by atoms with van der Waals surface area (Å²) in [5.74, 6) is 1.12. The summed E-state index contributed by atoms with van der Waals surface area (Å²) >= 11 is 0. The lowest BCUT2D eigenvalue weighted by Gasteiger charge is -2.26. The Morgan fingerprint density at radius 2 is 2.18 bits per heavy atom. The fraction of sp³-hybridized carbons (Fsp3) is 0.846. The van der Waals surface area contributed by atoms with Crippen LogP contribution in [0.4, 0.5) is 0 Å². The summed E-state index contributed by atoms with van der Waals surface area (Å²) in [5, 5.41) is 6.24. The molecule has 1 spiro atoms. The van der Waals surface area contributed by atoms with Crippen molar-refractivity contribution in [1.82, 2.24) is 10.6 Å². The first-order valence-corrected chi connectivity index (χ1v) is 6.54.